The lowest BCUT2D eigenvalue weighted by Crippen LogP contribution is -2.21. The summed E-state index contributed by atoms with van der Waals surface area (Å²) in [4.78, 5) is 40.1. The van der Waals surface area contributed by atoms with Crippen LogP contribution >= 0.6 is 0 Å². The number of anilines is 1. The Bertz CT molecular complexity index is 1390. The number of para-hydroxylation sites is 1. The van der Waals surface area contributed by atoms with Crippen molar-refractivity contribution in [2.75, 3.05) is 11.9 Å². The number of non-ortho nitro benzene ring substituents is 1. The summed E-state index contributed by atoms with van der Waals surface area (Å²) in [6.07, 6.45) is 0. The second-order valence-electron chi connectivity index (χ2n) is 7.36. The highest BCUT2D eigenvalue weighted by atomic mass is 16.6. The van der Waals surface area contributed by atoms with E-state index in [1.165, 1.54) is 18.2 Å². The first-order valence-corrected chi connectivity index (χ1v) is 10.0. The van der Waals surface area contributed by atoms with Gasteiger partial charge in [-0.2, -0.15) is 0 Å². The highest BCUT2D eigenvalue weighted by molar-refractivity contribution is 6.05. The molecule has 166 valence electrons. The molecule has 2 aromatic heterocycles. The molecule has 0 bridgehead atoms. The van der Waals surface area contributed by atoms with Crippen LogP contribution in [0.1, 0.15) is 21.7 Å². The van der Waals surface area contributed by atoms with E-state index < -0.39 is 23.4 Å². The standard InChI is InChI=1S/C24H19N3O6/c1-14-11-16(27(30)31)8-9-19(14)26-23(28)13-32-24(29)18-12-21(22-10-7-15(2)33-22)25-20-6-4-3-5-17(18)20/h3-12H,13H2,1-2H3,(H,26,28). The Morgan fingerprint density at radius 3 is 2.58 bits per heavy atom. The molecule has 0 unspecified atom stereocenters. The molecular formula is C24H19N3O6. The first kappa shape index (κ1) is 21.7. The lowest BCUT2D eigenvalue weighted by atomic mass is 10.1. The Morgan fingerprint density at radius 1 is 1.09 bits per heavy atom. The smallest absolute Gasteiger partial charge is 0.339 e. The Hall–Kier alpha value is -4.53. The van der Waals surface area contributed by atoms with E-state index in [0.717, 1.165) is 0 Å². The lowest BCUT2D eigenvalue weighted by molar-refractivity contribution is -0.384. The zero-order valence-corrected chi connectivity index (χ0v) is 17.8. The monoisotopic (exact) mass is 445 g/mol. The van der Waals surface area contributed by atoms with Crippen molar-refractivity contribution in [3.05, 3.63) is 87.7 Å². The fourth-order valence-electron chi connectivity index (χ4n) is 3.34. The van der Waals surface area contributed by atoms with E-state index in [9.17, 15) is 19.7 Å². The summed E-state index contributed by atoms with van der Waals surface area (Å²) in [6.45, 7) is 2.92. The fraction of sp³-hybridized carbons (Fsp3) is 0.125. The molecule has 9 nitrogen and oxygen atoms in total. The maximum absolute atomic E-state index is 12.9. The lowest BCUT2D eigenvalue weighted by Gasteiger charge is -2.10. The maximum atomic E-state index is 12.9. The predicted molar refractivity (Wildman–Crippen MR) is 121 cm³/mol. The van der Waals surface area contributed by atoms with Gasteiger partial charge >= 0.3 is 5.97 Å². The van der Waals surface area contributed by atoms with Crippen molar-refractivity contribution in [1.29, 1.82) is 0 Å². The Balaban J connectivity index is 1.52. The molecule has 0 saturated heterocycles. The van der Waals surface area contributed by atoms with E-state index in [1.54, 1.807) is 43.3 Å². The third kappa shape index (κ3) is 4.72. The third-order valence-corrected chi connectivity index (χ3v) is 4.96. The number of esters is 1. The van der Waals surface area contributed by atoms with Gasteiger partial charge in [0.05, 0.1) is 16.0 Å². The molecule has 2 heterocycles. The number of rotatable bonds is 6. The summed E-state index contributed by atoms with van der Waals surface area (Å²) in [7, 11) is 0. The van der Waals surface area contributed by atoms with E-state index in [0.29, 0.717) is 39.4 Å². The first-order chi connectivity index (χ1) is 15.8. The molecule has 1 amide bonds. The molecule has 0 spiro atoms. The number of ether oxygens (including phenoxy) is 1. The summed E-state index contributed by atoms with van der Waals surface area (Å²) in [5.74, 6) is -0.0322. The number of amides is 1. The van der Waals surface area contributed by atoms with E-state index >= 15 is 0 Å². The van der Waals surface area contributed by atoms with Gasteiger partial charge < -0.3 is 14.5 Å². The van der Waals surface area contributed by atoms with Crippen LogP contribution in [0.3, 0.4) is 0 Å². The number of nitrogens with one attached hydrogen (secondary N) is 1. The van der Waals surface area contributed by atoms with Crippen LogP contribution in [0.25, 0.3) is 22.4 Å². The van der Waals surface area contributed by atoms with Crippen molar-refractivity contribution in [1.82, 2.24) is 4.98 Å². The molecule has 0 saturated carbocycles. The topological polar surface area (TPSA) is 125 Å². The number of aryl methyl sites for hydroxylation is 2. The van der Waals surface area contributed by atoms with Crippen LogP contribution in [0.2, 0.25) is 0 Å². The molecular weight excluding hydrogens is 426 g/mol. The van der Waals surface area contributed by atoms with Crippen molar-refractivity contribution in [3.8, 4) is 11.5 Å². The molecule has 0 aliphatic heterocycles. The van der Waals surface area contributed by atoms with Gasteiger partial charge in [0.25, 0.3) is 11.6 Å². The minimum Gasteiger partial charge on any atom is -0.460 e. The number of carbonyl (C=O) groups is 2. The van der Waals surface area contributed by atoms with Gasteiger partial charge in [-0.15, -0.1) is 0 Å². The second-order valence-corrected chi connectivity index (χ2v) is 7.36. The highest BCUT2D eigenvalue weighted by Crippen LogP contribution is 2.27. The molecule has 1 N–H and O–H groups in total. The van der Waals surface area contributed by atoms with Gasteiger partial charge in [0.1, 0.15) is 11.5 Å². The minimum atomic E-state index is -0.686. The summed E-state index contributed by atoms with van der Waals surface area (Å²) in [5.41, 5.74) is 2.14. The number of fused-ring (bicyclic) bond motifs is 1. The molecule has 4 rings (SSSR count). The molecule has 0 fully saturated rings. The number of carbonyl (C=O) groups excluding carboxylic acids is 2. The van der Waals surface area contributed by atoms with Crippen LogP contribution < -0.4 is 5.32 Å². The Labute approximate surface area is 188 Å². The number of benzene rings is 2. The normalized spacial score (nSPS) is 10.7. The molecule has 0 atom stereocenters. The van der Waals surface area contributed by atoms with Crippen molar-refractivity contribution >= 4 is 34.2 Å². The molecule has 0 aliphatic carbocycles. The highest BCUT2D eigenvalue weighted by Gasteiger charge is 2.18. The van der Waals surface area contributed by atoms with Gasteiger partial charge in [-0.1, -0.05) is 18.2 Å². The number of pyridine rings is 1. The summed E-state index contributed by atoms with van der Waals surface area (Å²) >= 11 is 0. The van der Waals surface area contributed by atoms with E-state index in [1.807, 2.05) is 13.0 Å². The third-order valence-electron chi connectivity index (χ3n) is 4.96. The zero-order chi connectivity index (χ0) is 23.5. The van der Waals surface area contributed by atoms with Gasteiger partial charge in [-0.25, -0.2) is 9.78 Å². The molecule has 4 aromatic rings. The Kier molecular flexibility index (Phi) is 5.86. The van der Waals surface area contributed by atoms with E-state index in [-0.39, 0.29) is 11.3 Å². The molecule has 0 radical (unpaired) electrons. The maximum Gasteiger partial charge on any atom is 0.339 e. The number of nitro benzene ring substituents is 1. The van der Waals surface area contributed by atoms with Crippen LogP contribution in [0.15, 0.2) is 65.1 Å². The van der Waals surface area contributed by atoms with Crippen LogP contribution in [0, 0.1) is 24.0 Å². The predicted octanol–water partition coefficient (Wildman–Crippen LogP) is 4.82. The van der Waals surface area contributed by atoms with Gasteiger partial charge in [-0.05, 0) is 49.7 Å². The number of furan rings is 1. The summed E-state index contributed by atoms with van der Waals surface area (Å²) in [6, 6.07) is 16.3. The zero-order valence-electron chi connectivity index (χ0n) is 17.8. The summed E-state index contributed by atoms with van der Waals surface area (Å²) < 4.78 is 10.9. The van der Waals surface area contributed by atoms with Crippen LogP contribution in [-0.2, 0) is 9.53 Å². The van der Waals surface area contributed by atoms with E-state index in [2.05, 4.69) is 10.3 Å². The van der Waals surface area contributed by atoms with Crippen LogP contribution in [-0.4, -0.2) is 28.4 Å². The average Bonchev–Trinajstić information content (AvgIpc) is 3.24. The van der Waals surface area contributed by atoms with Crippen molar-refractivity contribution in [2.24, 2.45) is 0 Å². The fourth-order valence-corrected chi connectivity index (χ4v) is 3.34. The quantitative estimate of drug-likeness (QED) is 0.256. The number of nitrogens with zero attached hydrogens (tertiary/aromatic N) is 2. The number of hydrogen-bond donors (Lipinski definition) is 1. The summed E-state index contributed by atoms with van der Waals surface area (Å²) in [5, 5.41) is 14.0. The Morgan fingerprint density at radius 2 is 1.88 bits per heavy atom. The number of hydrogen-bond acceptors (Lipinski definition) is 7. The van der Waals surface area contributed by atoms with Crippen LogP contribution in [0.4, 0.5) is 11.4 Å². The first-order valence-electron chi connectivity index (χ1n) is 10.0. The number of aromatic nitrogens is 1. The van der Waals surface area contributed by atoms with Crippen molar-refractivity contribution < 1.29 is 23.7 Å². The number of nitro groups is 1. The van der Waals surface area contributed by atoms with Gasteiger partial charge in [-0.3, -0.25) is 14.9 Å². The largest absolute Gasteiger partial charge is 0.460 e. The van der Waals surface area contributed by atoms with Crippen LogP contribution in [0.5, 0.6) is 0 Å². The second kappa shape index (κ2) is 8.91. The van der Waals surface area contributed by atoms with Gasteiger partial charge in [0.15, 0.2) is 12.4 Å². The molecule has 9 heteroatoms. The van der Waals surface area contributed by atoms with Gasteiger partial charge in [0, 0.05) is 23.2 Å². The van der Waals surface area contributed by atoms with E-state index in [4.69, 9.17) is 9.15 Å². The molecule has 0 aliphatic rings. The van der Waals surface area contributed by atoms with Crippen molar-refractivity contribution in [3.63, 3.8) is 0 Å². The minimum absolute atomic E-state index is 0.0796. The van der Waals surface area contributed by atoms with Crippen molar-refractivity contribution in [2.45, 2.75) is 13.8 Å². The molecule has 33 heavy (non-hydrogen) atoms. The van der Waals surface area contributed by atoms with Gasteiger partial charge in [0.2, 0.25) is 0 Å². The average molecular weight is 445 g/mol. The SMILES string of the molecule is Cc1ccc(-c2cc(C(=O)OCC(=O)Nc3ccc([N+](=O)[O-])cc3C)c3ccccc3n2)o1. The molecule has 2 aromatic carbocycles.